The Hall–Kier alpha value is -2.15. The summed E-state index contributed by atoms with van der Waals surface area (Å²) < 4.78 is 6.06. The fourth-order valence-electron chi connectivity index (χ4n) is 4.13. The molecule has 2 saturated heterocycles. The Kier molecular flexibility index (Phi) is 4.92. The van der Waals surface area contributed by atoms with E-state index in [1.807, 2.05) is 23.6 Å². The van der Waals surface area contributed by atoms with Crippen molar-refractivity contribution in [1.29, 1.82) is 0 Å². The molecule has 1 spiro atoms. The lowest BCUT2D eigenvalue weighted by atomic mass is 9.89. The van der Waals surface area contributed by atoms with Crippen molar-refractivity contribution < 1.29 is 19.1 Å². The highest BCUT2D eigenvalue weighted by atomic mass is 16.5. The number of rotatable bonds is 2. The molecule has 2 aliphatic rings. The number of nitrogens with one attached hydrogen (secondary N) is 1. The van der Waals surface area contributed by atoms with E-state index in [2.05, 4.69) is 4.98 Å². The number of aromatic nitrogens is 1. The number of ketones is 1. The number of carbonyl (C=O) groups is 3. The number of hydrogen-bond acceptors (Lipinski definition) is 4. The van der Waals surface area contributed by atoms with E-state index in [1.165, 1.54) is 6.92 Å². The Morgan fingerprint density at radius 3 is 2.23 bits per heavy atom. The number of nitrogens with zero attached hydrogens (tertiary/aromatic N) is 2. The molecule has 1 N–H and O–H groups in total. The van der Waals surface area contributed by atoms with Crippen LogP contribution in [-0.2, 0) is 9.53 Å². The van der Waals surface area contributed by atoms with Crippen LogP contribution in [0.25, 0.3) is 0 Å². The summed E-state index contributed by atoms with van der Waals surface area (Å²) in [4.78, 5) is 43.2. The molecular weight excluding hydrogens is 334 g/mol. The SMILES string of the molecule is CC(=O)c1[nH]c(C)c(C(=O)N2CCOC3(CCN(C(C)=O)CC3)C2)c1C. The Bertz CT molecular complexity index is 744. The zero-order valence-corrected chi connectivity index (χ0v) is 16.0. The van der Waals surface area contributed by atoms with E-state index in [1.54, 1.807) is 6.92 Å². The van der Waals surface area contributed by atoms with Gasteiger partial charge in [-0.15, -0.1) is 0 Å². The van der Waals surface area contributed by atoms with E-state index >= 15 is 0 Å². The van der Waals surface area contributed by atoms with Crippen molar-refractivity contribution in [3.8, 4) is 0 Å². The molecular formula is C19H27N3O4. The first-order valence-corrected chi connectivity index (χ1v) is 9.13. The van der Waals surface area contributed by atoms with Gasteiger partial charge in [0.1, 0.15) is 0 Å². The highest BCUT2D eigenvalue weighted by Crippen LogP contribution is 2.31. The van der Waals surface area contributed by atoms with E-state index in [0.717, 1.165) is 18.5 Å². The summed E-state index contributed by atoms with van der Waals surface area (Å²) in [5.74, 6) is -0.0425. The van der Waals surface area contributed by atoms with Gasteiger partial charge in [0.05, 0.1) is 30.0 Å². The number of H-pyrrole nitrogens is 1. The van der Waals surface area contributed by atoms with Crippen molar-refractivity contribution in [2.75, 3.05) is 32.8 Å². The van der Waals surface area contributed by atoms with Gasteiger partial charge < -0.3 is 19.5 Å². The summed E-state index contributed by atoms with van der Waals surface area (Å²) in [6, 6.07) is 0. The van der Waals surface area contributed by atoms with Crippen molar-refractivity contribution in [1.82, 2.24) is 14.8 Å². The quantitative estimate of drug-likeness (QED) is 0.813. The third-order valence-corrected chi connectivity index (χ3v) is 5.66. The molecule has 1 aromatic rings. The molecule has 2 fully saturated rings. The largest absolute Gasteiger partial charge is 0.371 e. The average molecular weight is 361 g/mol. The van der Waals surface area contributed by atoms with E-state index in [0.29, 0.717) is 49.6 Å². The summed E-state index contributed by atoms with van der Waals surface area (Å²) in [5, 5.41) is 0. The standard InChI is InChI=1S/C19H27N3O4/c1-12-16(13(2)20-17(12)14(3)23)18(25)22-9-10-26-19(11-22)5-7-21(8-6-19)15(4)24/h20H,5-11H2,1-4H3. The Morgan fingerprint density at radius 2 is 1.69 bits per heavy atom. The first-order valence-electron chi connectivity index (χ1n) is 9.13. The molecule has 0 aromatic carbocycles. The van der Waals surface area contributed by atoms with Gasteiger partial charge in [-0.05, 0) is 32.3 Å². The van der Waals surface area contributed by atoms with Crippen LogP contribution in [0.15, 0.2) is 0 Å². The molecule has 2 amide bonds. The number of carbonyl (C=O) groups excluding carboxylic acids is 3. The maximum absolute atomic E-state index is 13.2. The summed E-state index contributed by atoms with van der Waals surface area (Å²) in [6.45, 7) is 9.60. The predicted octanol–water partition coefficient (Wildman–Crippen LogP) is 1.69. The smallest absolute Gasteiger partial charge is 0.256 e. The topological polar surface area (TPSA) is 82.7 Å². The number of Topliss-reactive ketones (excluding diaryl/α,β-unsaturated/α-hetero) is 1. The highest BCUT2D eigenvalue weighted by molar-refractivity contribution is 6.02. The number of morpholine rings is 1. The van der Waals surface area contributed by atoms with Crippen LogP contribution >= 0.6 is 0 Å². The first kappa shape index (κ1) is 18.6. The van der Waals surface area contributed by atoms with Crippen LogP contribution in [0.3, 0.4) is 0 Å². The van der Waals surface area contributed by atoms with Crippen LogP contribution in [0, 0.1) is 13.8 Å². The van der Waals surface area contributed by atoms with Gasteiger partial charge in [0.15, 0.2) is 5.78 Å². The van der Waals surface area contributed by atoms with Gasteiger partial charge >= 0.3 is 0 Å². The molecule has 142 valence electrons. The van der Waals surface area contributed by atoms with Crippen molar-refractivity contribution in [3.63, 3.8) is 0 Å². The lowest BCUT2D eigenvalue weighted by Gasteiger charge is -2.47. The molecule has 0 bridgehead atoms. The number of piperidine rings is 1. The van der Waals surface area contributed by atoms with Gasteiger partial charge in [-0.1, -0.05) is 0 Å². The summed E-state index contributed by atoms with van der Waals surface area (Å²) >= 11 is 0. The van der Waals surface area contributed by atoms with Crippen molar-refractivity contribution >= 4 is 17.6 Å². The average Bonchev–Trinajstić information content (AvgIpc) is 2.89. The van der Waals surface area contributed by atoms with E-state index in [9.17, 15) is 14.4 Å². The lowest BCUT2D eigenvalue weighted by molar-refractivity contribution is -0.145. The predicted molar refractivity (Wildman–Crippen MR) is 96.3 cm³/mol. The number of aromatic amines is 1. The maximum atomic E-state index is 13.2. The molecule has 0 atom stereocenters. The lowest BCUT2D eigenvalue weighted by Crippen LogP contribution is -2.58. The molecule has 3 heterocycles. The molecule has 0 aliphatic carbocycles. The van der Waals surface area contributed by atoms with E-state index in [-0.39, 0.29) is 23.2 Å². The van der Waals surface area contributed by atoms with Crippen LogP contribution in [-0.4, -0.2) is 70.8 Å². The normalized spacial score (nSPS) is 19.7. The van der Waals surface area contributed by atoms with E-state index < -0.39 is 0 Å². The fraction of sp³-hybridized carbons (Fsp3) is 0.632. The second-order valence-corrected chi connectivity index (χ2v) is 7.45. The monoisotopic (exact) mass is 361 g/mol. The first-order chi connectivity index (χ1) is 12.2. The highest BCUT2D eigenvalue weighted by Gasteiger charge is 2.42. The molecule has 1 aromatic heterocycles. The van der Waals surface area contributed by atoms with Gasteiger partial charge in [-0.3, -0.25) is 14.4 Å². The number of ether oxygens (including phenoxy) is 1. The Labute approximate surface area is 153 Å². The molecule has 0 radical (unpaired) electrons. The molecule has 7 heteroatoms. The molecule has 2 aliphatic heterocycles. The third kappa shape index (κ3) is 3.28. The molecule has 3 rings (SSSR count). The molecule has 0 unspecified atom stereocenters. The molecule has 26 heavy (non-hydrogen) atoms. The zero-order chi connectivity index (χ0) is 19.1. The Morgan fingerprint density at radius 1 is 1.04 bits per heavy atom. The fourth-order valence-corrected chi connectivity index (χ4v) is 4.13. The number of amides is 2. The molecule has 0 saturated carbocycles. The number of hydrogen-bond donors (Lipinski definition) is 1. The van der Waals surface area contributed by atoms with Gasteiger partial charge in [0.25, 0.3) is 5.91 Å². The van der Waals surface area contributed by atoms with Crippen LogP contribution in [0.1, 0.15) is 58.8 Å². The van der Waals surface area contributed by atoms with Crippen LogP contribution in [0.2, 0.25) is 0 Å². The van der Waals surface area contributed by atoms with Gasteiger partial charge in [-0.25, -0.2) is 0 Å². The van der Waals surface area contributed by atoms with Crippen molar-refractivity contribution in [2.45, 2.75) is 46.1 Å². The van der Waals surface area contributed by atoms with Gasteiger partial charge in [-0.2, -0.15) is 0 Å². The van der Waals surface area contributed by atoms with Crippen molar-refractivity contribution in [2.24, 2.45) is 0 Å². The zero-order valence-electron chi connectivity index (χ0n) is 16.0. The van der Waals surface area contributed by atoms with Crippen LogP contribution in [0.5, 0.6) is 0 Å². The van der Waals surface area contributed by atoms with Gasteiger partial charge in [0, 0.05) is 39.2 Å². The second kappa shape index (κ2) is 6.87. The third-order valence-electron chi connectivity index (χ3n) is 5.66. The number of aryl methyl sites for hydroxylation is 1. The second-order valence-electron chi connectivity index (χ2n) is 7.45. The summed E-state index contributed by atoms with van der Waals surface area (Å²) in [6.07, 6.45) is 1.47. The number of likely N-dealkylation sites (tertiary alicyclic amines) is 1. The van der Waals surface area contributed by atoms with Crippen LogP contribution < -0.4 is 0 Å². The maximum Gasteiger partial charge on any atom is 0.256 e. The summed E-state index contributed by atoms with van der Waals surface area (Å²) in [5.41, 5.74) is 2.16. The minimum absolute atomic E-state index is 0.0552. The van der Waals surface area contributed by atoms with Crippen LogP contribution in [0.4, 0.5) is 0 Å². The van der Waals surface area contributed by atoms with Gasteiger partial charge in [0.2, 0.25) is 5.91 Å². The van der Waals surface area contributed by atoms with Crippen molar-refractivity contribution in [3.05, 3.63) is 22.5 Å². The Balaban J connectivity index is 1.77. The summed E-state index contributed by atoms with van der Waals surface area (Å²) in [7, 11) is 0. The minimum atomic E-state index is -0.374. The molecule has 7 nitrogen and oxygen atoms in total. The van der Waals surface area contributed by atoms with E-state index in [4.69, 9.17) is 4.74 Å². The minimum Gasteiger partial charge on any atom is -0.371 e.